The van der Waals surface area contributed by atoms with Crippen molar-refractivity contribution in [3.05, 3.63) is 17.7 Å². The lowest BCUT2D eigenvalue weighted by Gasteiger charge is -2.45. The van der Waals surface area contributed by atoms with E-state index >= 15 is 0 Å². The van der Waals surface area contributed by atoms with Crippen molar-refractivity contribution in [2.24, 2.45) is 4.99 Å². The Hall–Kier alpha value is -2.95. The van der Waals surface area contributed by atoms with Gasteiger partial charge in [0.15, 0.2) is 0 Å². The van der Waals surface area contributed by atoms with Gasteiger partial charge in [-0.3, -0.25) is 0 Å². The Morgan fingerprint density at radius 1 is 1.39 bits per heavy atom. The van der Waals surface area contributed by atoms with Gasteiger partial charge in [-0.15, -0.1) is 0 Å². The number of hydrogen-bond donors (Lipinski definition) is 0. The first-order valence-corrected chi connectivity index (χ1v) is 9.34. The quantitative estimate of drug-likeness (QED) is 0.575. The molecule has 0 aliphatic carbocycles. The van der Waals surface area contributed by atoms with Gasteiger partial charge in [-0.2, -0.15) is 5.26 Å². The summed E-state index contributed by atoms with van der Waals surface area (Å²) in [7, 11) is 3.75. The number of rotatable bonds is 2. The Labute approximate surface area is 165 Å². The second-order valence-corrected chi connectivity index (χ2v) is 8.24. The smallest absolute Gasteiger partial charge is 0.410 e. The maximum absolute atomic E-state index is 12.4. The number of amides is 1. The molecule has 1 amide bonds. The molecular weight excluding hydrogens is 358 g/mol. The van der Waals surface area contributed by atoms with Crippen LogP contribution in [0.4, 0.5) is 16.2 Å². The number of benzene rings is 1. The van der Waals surface area contributed by atoms with Crippen LogP contribution in [0.15, 0.2) is 17.1 Å². The molecule has 2 aliphatic rings. The molecule has 1 atom stereocenters. The normalized spacial score (nSPS) is 18.8. The molecule has 0 N–H and O–H groups in total. The molecule has 8 nitrogen and oxygen atoms in total. The molecule has 2 heterocycles. The van der Waals surface area contributed by atoms with E-state index in [1.54, 1.807) is 11.2 Å². The highest BCUT2D eigenvalue weighted by Crippen LogP contribution is 2.40. The van der Waals surface area contributed by atoms with E-state index in [1.807, 2.05) is 51.9 Å². The van der Waals surface area contributed by atoms with Crippen LogP contribution in [0.1, 0.15) is 26.3 Å². The van der Waals surface area contributed by atoms with Crippen LogP contribution in [0.25, 0.3) is 0 Å². The van der Waals surface area contributed by atoms with E-state index in [9.17, 15) is 10.1 Å². The second kappa shape index (κ2) is 7.58. The average molecular weight is 385 g/mol. The van der Waals surface area contributed by atoms with Crippen molar-refractivity contribution < 1.29 is 14.3 Å². The van der Waals surface area contributed by atoms with Crippen molar-refractivity contribution >= 4 is 23.8 Å². The molecule has 1 aromatic rings. The fourth-order valence-electron chi connectivity index (χ4n) is 3.27. The van der Waals surface area contributed by atoms with Crippen LogP contribution in [-0.2, 0) is 4.74 Å². The van der Waals surface area contributed by atoms with Crippen molar-refractivity contribution in [1.29, 1.82) is 5.26 Å². The summed E-state index contributed by atoms with van der Waals surface area (Å²) >= 11 is 0. The molecule has 0 spiro atoms. The van der Waals surface area contributed by atoms with Gasteiger partial charge in [0.25, 0.3) is 0 Å². The van der Waals surface area contributed by atoms with E-state index in [-0.39, 0.29) is 12.1 Å². The number of aliphatic imine (C=N–C) groups is 1. The summed E-state index contributed by atoms with van der Waals surface area (Å²) < 4.78 is 11.4. The van der Waals surface area contributed by atoms with Gasteiger partial charge < -0.3 is 24.2 Å². The van der Waals surface area contributed by atoms with Crippen LogP contribution in [0.5, 0.6) is 5.75 Å². The van der Waals surface area contributed by atoms with E-state index in [0.29, 0.717) is 43.2 Å². The van der Waals surface area contributed by atoms with Gasteiger partial charge in [0.05, 0.1) is 29.3 Å². The van der Waals surface area contributed by atoms with Crippen LogP contribution >= 0.6 is 0 Å². The van der Waals surface area contributed by atoms with Crippen molar-refractivity contribution in [2.75, 3.05) is 45.2 Å². The number of hydrogen-bond acceptors (Lipinski definition) is 6. The number of piperazine rings is 1. The lowest BCUT2D eigenvalue weighted by Crippen LogP contribution is -2.59. The second-order valence-electron chi connectivity index (χ2n) is 8.24. The molecule has 0 radical (unpaired) electrons. The van der Waals surface area contributed by atoms with Gasteiger partial charge >= 0.3 is 6.09 Å². The van der Waals surface area contributed by atoms with Crippen molar-refractivity contribution in [2.45, 2.75) is 32.4 Å². The van der Waals surface area contributed by atoms with Gasteiger partial charge in [-0.25, -0.2) is 9.79 Å². The monoisotopic (exact) mass is 385 g/mol. The summed E-state index contributed by atoms with van der Waals surface area (Å²) in [5, 5.41) is 9.54. The standard InChI is InChI=1S/C20H27N5O3/c1-20(2,3)28-19(26)24-6-7-25-15(11-24)12-27-18-9-16(22-13-23(4)5)14(10-21)8-17(18)25/h8-9,13,15H,6-7,11-12H2,1-5H3/t15-/m0/s1. The summed E-state index contributed by atoms with van der Waals surface area (Å²) in [6, 6.07) is 5.88. The topological polar surface area (TPSA) is 81.4 Å². The van der Waals surface area contributed by atoms with Gasteiger partial charge in [0.1, 0.15) is 24.0 Å². The number of nitriles is 1. The third kappa shape index (κ3) is 4.30. The number of carbonyl (C=O) groups is 1. The van der Waals surface area contributed by atoms with Crippen LogP contribution in [0.2, 0.25) is 0 Å². The lowest BCUT2D eigenvalue weighted by molar-refractivity contribution is 0.0195. The molecule has 150 valence electrons. The predicted octanol–water partition coefficient (Wildman–Crippen LogP) is 2.60. The molecule has 1 fully saturated rings. The molecule has 28 heavy (non-hydrogen) atoms. The number of fused-ring (bicyclic) bond motifs is 3. The van der Waals surface area contributed by atoms with E-state index in [2.05, 4.69) is 16.0 Å². The maximum Gasteiger partial charge on any atom is 0.410 e. The van der Waals surface area contributed by atoms with Gasteiger partial charge in [-0.1, -0.05) is 0 Å². The molecule has 2 aliphatic heterocycles. The number of ether oxygens (including phenoxy) is 2. The van der Waals surface area contributed by atoms with Gasteiger partial charge in [-0.05, 0) is 26.8 Å². The molecule has 0 unspecified atom stereocenters. The molecule has 0 aromatic heterocycles. The van der Waals surface area contributed by atoms with Gasteiger partial charge in [0.2, 0.25) is 0 Å². The highest BCUT2D eigenvalue weighted by atomic mass is 16.6. The maximum atomic E-state index is 12.4. The Morgan fingerprint density at radius 2 is 2.14 bits per heavy atom. The molecule has 3 rings (SSSR count). The van der Waals surface area contributed by atoms with Crippen LogP contribution in [-0.4, -0.2) is 74.2 Å². The largest absolute Gasteiger partial charge is 0.489 e. The summed E-state index contributed by atoms with van der Waals surface area (Å²) in [5.74, 6) is 0.715. The van der Waals surface area contributed by atoms with Crippen LogP contribution in [0.3, 0.4) is 0 Å². The third-order valence-electron chi connectivity index (χ3n) is 4.50. The molecule has 8 heteroatoms. The summed E-state index contributed by atoms with van der Waals surface area (Å²) in [5.41, 5.74) is 1.44. The van der Waals surface area contributed by atoms with Crippen molar-refractivity contribution in [3.8, 4) is 11.8 Å². The number of carbonyl (C=O) groups excluding carboxylic acids is 1. The highest BCUT2D eigenvalue weighted by Gasteiger charge is 2.36. The summed E-state index contributed by atoms with van der Waals surface area (Å²) in [6.07, 6.45) is 1.36. The first-order valence-electron chi connectivity index (χ1n) is 9.34. The Bertz CT molecular complexity index is 822. The van der Waals surface area contributed by atoms with Crippen molar-refractivity contribution in [3.63, 3.8) is 0 Å². The minimum atomic E-state index is -0.519. The predicted molar refractivity (Wildman–Crippen MR) is 107 cm³/mol. The van der Waals surface area contributed by atoms with Gasteiger partial charge in [0, 0.05) is 39.8 Å². The SMILES string of the molecule is CN(C)C=Nc1cc2c(cc1C#N)N1CCN(C(=O)OC(C)(C)C)C[C@H]1CO2. The van der Waals surface area contributed by atoms with E-state index in [0.717, 1.165) is 5.69 Å². The number of anilines is 1. The fraction of sp³-hybridized carbons (Fsp3) is 0.550. The Morgan fingerprint density at radius 3 is 2.79 bits per heavy atom. The van der Waals surface area contributed by atoms with E-state index < -0.39 is 5.60 Å². The first kappa shape index (κ1) is 19.8. The summed E-state index contributed by atoms with van der Waals surface area (Å²) in [6.45, 7) is 7.80. The molecular formula is C20H27N5O3. The fourth-order valence-corrected chi connectivity index (χ4v) is 3.27. The van der Waals surface area contributed by atoms with Crippen LogP contribution in [0, 0.1) is 11.3 Å². The lowest BCUT2D eigenvalue weighted by atomic mass is 10.1. The minimum absolute atomic E-state index is 0.0245. The zero-order valence-corrected chi connectivity index (χ0v) is 17.1. The molecule has 0 saturated carbocycles. The molecule has 1 aromatic carbocycles. The van der Waals surface area contributed by atoms with E-state index in [1.165, 1.54) is 0 Å². The first-order chi connectivity index (χ1) is 13.2. The third-order valence-corrected chi connectivity index (χ3v) is 4.50. The van der Waals surface area contributed by atoms with Crippen LogP contribution < -0.4 is 9.64 Å². The van der Waals surface area contributed by atoms with Crippen molar-refractivity contribution in [1.82, 2.24) is 9.80 Å². The zero-order chi connectivity index (χ0) is 20.5. The highest BCUT2D eigenvalue weighted by molar-refractivity contribution is 5.75. The Balaban J connectivity index is 1.80. The number of nitrogens with zero attached hydrogens (tertiary/aromatic N) is 5. The minimum Gasteiger partial charge on any atom is -0.489 e. The van der Waals surface area contributed by atoms with E-state index in [4.69, 9.17) is 9.47 Å². The molecule has 0 bridgehead atoms. The molecule has 1 saturated heterocycles. The summed E-state index contributed by atoms with van der Waals surface area (Å²) in [4.78, 5) is 22.5. The average Bonchev–Trinajstić information content (AvgIpc) is 2.63. The Kier molecular flexibility index (Phi) is 5.36. The zero-order valence-electron chi connectivity index (χ0n) is 17.1.